The van der Waals surface area contributed by atoms with Gasteiger partial charge in [-0.3, -0.25) is 0 Å². The van der Waals surface area contributed by atoms with E-state index in [-0.39, 0.29) is 26.2 Å². The average Bonchev–Trinajstić information content (AvgIpc) is 2.14. The van der Waals surface area contributed by atoms with E-state index in [1.807, 2.05) is 0 Å². The molecule has 5 heteroatoms. The van der Waals surface area contributed by atoms with E-state index in [1.54, 1.807) is 0 Å². The minimum Gasteiger partial charge on any atom is -0.433 e. The van der Waals surface area contributed by atoms with Crippen molar-refractivity contribution in [2.45, 2.75) is 12.7 Å². The normalized spacial score (nSPS) is 12.2. The van der Waals surface area contributed by atoms with E-state index in [0.29, 0.717) is 0 Å². The summed E-state index contributed by atoms with van der Waals surface area (Å²) in [6, 6.07) is 0. The van der Waals surface area contributed by atoms with Gasteiger partial charge in [0.15, 0.2) is 0 Å². The molecule has 0 aliphatic carbocycles. The molecule has 0 saturated carbocycles. The number of ether oxygens (including phenoxy) is 2. The van der Waals surface area contributed by atoms with Crippen LogP contribution in [0.5, 0.6) is 0 Å². The minimum atomic E-state index is -0.817. The first kappa shape index (κ1) is 12.1. The van der Waals surface area contributed by atoms with Crippen LogP contribution < -0.4 is 0 Å². The predicted octanol–water partition coefficient (Wildman–Crippen LogP) is -0.567. The number of rotatable bonds is 7. The number of carbonyl (C=O) groups excluding carboxylic acids is 1. The Morgan fingerprint density at radius 3 is 2.62 bits per heavy atom. The van der Waals surface area contributed by atoms with Crippen LogP contribution in [0.3, 0.4) is 0 Å². The molecule has 0 aromatic heterocycles. The van der Waals surface area contributed by atoms with Crippen LogP contribution >= 0.6 is 0 Å². The van der Waals surface area contributed by atoms with E-state index in [2.05, 4.69) is 6.58 Å². The van der Waals surface area contributed by atoms with Gasteiger partial charge in [-0.2, -0.15) is 0 Å². The summed E-state index contributed by atoms with van der Waals surface area (Å²) < 4.78 is 9.60. The Morgan fingerprint density at radius 2 is 2.15 bits per heavy atom. The third kappa shape index (κ3) is 6.27. The third-order valence-corrected chi connectivity index (χ3v) is 1.17. The Hall–Kier alpha value is -0.910. The minimum absolute atomic E-state index is 0.0646. The molecular weight excluding hydrogens is 176 g/mol. The zero-order valence-corrected chi connectivity index (χ0v) is 7.31. The monoisotopic (exact) mass is 190 g/mol. The molecule has 5 nitrogen and oxygen atoms in total. The van der Waals surface area contributed by atoms with Crippen LogP contribution in [0.25, 0.3) is 0 Å². The van der Waals surface area contributed by atoms with Gasteiger partial charge in [0.25, 0.3) is 0 Å². The molecule has 0 aromatic carbocycles. The maximum atomic E-state index is 10.7. The van der Waals surface area contributed by atoms with Crippen LogP contribution in [0.4, 0.5) is 0 Å². The van der Waals surface area contributed by atoms with E-state index in [9.17, 15) is 4.79 Å². The lowest BCUT2D eigenvalue weighted by Crippen LogP contribution is -2.23. The highest BCUT2D eigenvalue weighted by Crippen LogP contribution is 2.00. The predicted molar refractivity (Wildman–Crippen MR) is 44.8 cm³/mol. The van der Waals surface area contributed by atoms with Crippen LogP contribution in [0.1, 0.15) is 6.42 Å². The maximum absolute atomic E-state index is 10.7. The lowest BCUT2D eigenvalue weighted by atomic mass is 10.4. The SMILES string of the molecule is C=CC(=O)OC(CCO)OCCO. The van der Waals surface area contributed by atoms with Crippen molar-refractivity contribution in [2.24, 2.45) is 0 Å². The lowest BCUT2D eigenvalue weighted by molar-refractivity contribution is -0.177. The molecule has 0 heterocycles. The van der Waals surface area contributed by atoms with Crippen molar-refractivity contribution in [3.8, 4) is 0 Å². The smallest absolute Gasteiger partial charge is 0.332 e. The lowest BCUT2D eigenvalue weighted by Gasteiger charge is -2.15. The molecule has 0 bridgehead atoms. The first-order valence-corrected chi connectivity index (χ1v) is 3.91. The second-order valence-corrected chi connectivity index (χ2v) is 2.18. The highest BCUT2D eigenvalue weighted by molar-refractivity contribution is 5.81. The second-order valence-electron chi connectivity index (χ2n) is 2.18. The van der Waals surface area contributed by atoms with Gasteiger partial charge < -0.3 is 19.7 Å². The second kappa shape index (κ2) is 7.72. The fourth-order valence-corrected chi connectivity index (χ4v) is 0.644. The molecule has 0 rings (SSSR count). The molecular formula is C8H14O5. The number of aliphatic hydroxyl groups is 2. The van der Waals surface area contributed by atoms with Crippen LogP contribution in [-0.2, 0) is 14.3 Å². The number of carbonyl (C=O) groups is 1. The molecule has 0 aromatic rings. The fourth-order valence-electron chi connectivity index (χ4n) is 0.644. The number of hydrogen-bond donors (Lipinski definition) is 2. The standard InChI is InChI=1S/C8H14O5/c1-2-7(11)13-8(3-4-9)12-6-5-10/h2,8-10H,1,3-6H2. The Bertz CT molecular complexity index is 157. The van der Waals surface area contributed by atoms with Gasteiger partial charge in [0.1, 0.15) is 0 Å². The Labute approximate surface area is 76.6 Å². The van der Waals surface area contributed by atoms with E-state index in [0.717, 1.165) is 6.08 Å². The Balaban J connectivity index is 3.78. The molecule has 2 N–H and O–H groups in total. The summed E-state index contributed by atoms with van der Waals surface area (Å²) in [5.41, 5.74) is 0. The quantitative estimate of drug-likeness (QED) is 0.319. The van der Waals surface area contributed by atoms with Gasteiger partial charge in [-0.05, 0) is 0 Å². The van der Waals surface area contributed by atoms with Crippen LogP contribution in [0, 0.1) is 0 Å². The summed E-state index contributed by atoms with van der Waals surface area (Å²) in [5.74, 6) is -0.614. The van der Waals surface area contributed by atoms with Crippen LogP contribution in [0.15, 0.2) is 12.7 Å². The molecule has 0 radical (unpaired) electrons. The summed E-state index contributed by atoms with van der Waals surface area (Å²) in [6.07, 6.45) is 0.370. The number of esters is 1. The van der Waals surface area contributed by atoms with Gasteiger partial charge in [0, 0.05) is 19.1 Å². The van der Waals surface area contributed by atoms with Crippen molar-refractivity contribution in [1.29, 1.82) is 0 Å². The molecule has 0 aliphatic heterocycles. The van der Waals surface area contributed by atoms with Crippen molar-refractivity contribution in [2.75, 3.05) is 19.8 Å². The van der Waals surface area contributed by atoms with E-state index >= 15 is 0 Å². The summed E-state index contributed by atoms with van der Waals surface area (Å²) in [4.78, 5) is 10.7. The van der Waals surface area contributed by atoms with Crippen molar-refractivity contribution in [3.63, 3.8) is 0 Å². The van der Waals surface area contributed by atoms with Crippen LogP contribution in [-0.4, -0.2) is 42.3 Å². The van der Waals surface area contributed by atoms with Gasteiger partial charge >= 0.3 is 5.97 Å². The number of aliphatic hydroxyl groups excluding tert-OH is 2. The largest absolute Gasteiger partial charge is 0.433 e. The fraction of sp³-hybridized carbons (Fsp3) is 0.625. The molecule has 0 fully saturated rings. The Kier molecular flexibility index (Phi) is 7.18. The first-order valence-electron chi connectivity index (χ1n) is 3.91. The van der Waals surface area contributed by atoms with E-state index < -0.39 is 12.3 Å². The summed E-state index contributed by atoms with van der Waals surface area (Å²) in [6.45, 7) is 2.97. The molecule has 0 spiro atoms. The zero-order valence-electron chi connectivity index (χ0n) is 7.31. The Morgan fingerprint density at radius 1 is 1.46 bits per heavy atom. The maximum Gasteiger partial charge on any atom is 0.332 e. The van der Waals surface area contributed by atoms with E-state index in [4.69, 9.17) is 19.7 Å². The molecule has 1 unspecified atom stereocenters. The topological polar surface area (TPSA) is 76.0 Å². The highest BCUT2D eigenvalue weighted by atomic mass is 16.7. The van der Waals surface area contributed by atoms with Gasteiger partial charge in [0.05, 0.1) is 13.2 Å². The van der Waals surface area contributed by atoms with Crippen molar-refractivity contribution in [3.05, 3.63) is 12.7 Å². The summed E-state index contributed by atoms with van der Waals surface area (Å²) in [7, 11) is 0. The molecule has 0 amide bonds. The van der Waals surface area contributed by atoms with Crippen molar-refractivity contribution in [1.82, 2.24) is 0 Å². The van der Waals surface area contributed by atoms with Gasteiger partial charge in [-0.1, -0.05) is 6.58 Å². The molecule has 0 saturated heterocycles. The first-order chi connectivity index (χ1) is 6.24. The van der Waals surface area contributed by atoms with Gasteiger partial charge in [-0.15, -0.1) is 0 Å². The molecule has 0 aliphatic rings. The third-order valence-electron chi connectivity index (χ3n) is 1.17. The average molecular weight is 190 g/mol. The van der Waals surface area contributed by atoms with Crippen molar-refractivity contribution < 1.29 is 24.5 Å². The molecule has 13 heavy (non-hydrogen) atoms. The summed E-state index contributed by atoms with van der Waals surface area (Å²) >= 11 is 0. The van der Waals surface area contributed by atoms with Gasteiger partial charge in [0.2, 0.25) is 6.29 Å². The zero-order chi connectivity index (χ0) is 10.1. The van der Waals surface area contributed by atoms with Crippen LogP contribution in [0.2, 0.25) is 0 Å². The number of hydrogen-bond acceptors (Lipinski definition) is 5. The molecule has 1 atom stereocenters. The molecule has 76 valence electrons. The highest BCUT2D eigenvalue weighted by Gasteiger charge is 2.11. The van der Waals surface area contributed by atoms with Gasteiger partial charge in [-0.25, -0.2) is 4.79 Å². The van der Waals surface area contributed by atoms with E-state index in [1.165, 1.54) is 0 Å². The summed E-state index contributed by atoms with van der Waals surface area (Å²) in [5, 5.41) is 17.0. The van der Waals surface area contributed by atoms with Crippen molar-refractivity contribution >= 4 is 5.97 Å².